The number of nitrogens with zero attached hydrogens (tertiary/aromatic N) is 3. The quantitative estimate of drug-likeness (QED) is 0.577. The Kier molecular flexibility index (Phi) is 5.76. The van der Waals surface area contributed by atoms with Crippen molar-refractivity contribution in [3.05, 3.63) is 29.3 Å². The maximum atomic E-state index is 11.4. The van der Waals surface area contributed by atoms with E-state index >= 15 is 0 Å². The Labute approximate surface area is 149 Å². The highest BCUT2D eigenvalue weighted by Gasteiger charge is 2.22. The Hall–Kier alpha value is -1.57. The minimum absolute atomic E-state index is 0.143. The van der Waals surface area contributed by atoms with E-state index in [0.29, 0.717) is 16.7 Å². The lowest BCUT2D eigenvalue weighted by Crippen LogP contribution is -2.17. The van der Waals surface area contributed by atoms with Crippen molar-refractivity contribution in [3.8, 4) is 11.4 Å². The summed E-state index contributed by atoms with van der Waals surface area (Å²) >= 11 is 7.28. The number of hydrogen-bond acceptors (Lipinski definition) is 6. The van der Waals surface area contributed by atoms with Gasteiger partial charge in [-0.05, 0) is 37.1 Å². The van der Waals surface area contributed by atoms with E-state index in [-0.39, 0.29) is 17.8 Å². The number of rotatable bonds is 6. The molecule has 8 heteroatoms. The molecule has 1 aromatic carbocycles. The van der Waals surface area contributed by atoms with Crippen LogP contribution in [0.4, 0.5) is 0 Å². The Morgan fingerprint density at radius 2 is 2.21 bits per heavy atom. The van der Waals surface area contributed by atoms with Crippen molar-refractivity contribution in [2.24, 2.45) is 0 Å². The monoisotopic (exact) mass is 367 g/mol. The highest BCUT2D eigenvalue weighted by atomic mass is 35.5. The predicted octanol–water partition coefficient (Wildman–Crippen LogP) is 3.04. The number of methoxy groups -OCH3 is 1. The van der Waals surface area contributed by atoms with Crippen molar-refractivity contribution >= 4 is 29.3 Å². The van der Waals surface area contributed by atoms with E-state index in [1.165, 1.54) is 18.9 Å². The molecule has 1 saturated heterocycles. The van der Waals surface area contributed by atoms with Gasteiger partial charge in [0.2, 0.25) is 0 Å². The van der Waals surface area contributed by atoms with Crippen LogP contribution in [0.15, 0.2) is 29.4 Å². The molecular formula is C16H18ClN3O3S. The van der Waals surface area contributed by atoms with Crippen LogP contribution in [0.3, 0.4) is 0 Å². The van der Waals surface area contributed by atoms with Gasteiger partial charge in [-0.25, -0.2) is 0 Å². The summed E-state index contributed by atoms with van der Waals surface area (Å²) in [4.78, 5) is 11.4. The molecule has 0 spiro atoms. The molecule has 3 rings (SSSR count). The fraction of sp³-hybridized carbons (Fsp3) is 0.438. The average Bonchev–Trinajstić information content (AvgIpc) is 3.24. The molecule has 128 valence electrons. The van der Waals surface area contributed by atoms with Gasteiger partial charge in [-0.3, -0.25) is 9.36 Å². The lowest BCUT2D eigenvalue weighted by Gasteiger charge is -2.14. The number of benzene rings is 1. The number of thioether (sulfide) groups is 1. The first kappa shape index (κ1) is 17.3. The largest absolute Gasteiger partial charge is 0.468 e. The summed E-state index contributed by atoms with van der Waals surface area (Å²) in [5.41, 5.74) is 0.926. The number of carbonyl (C=O) groups excluding carboxylic acids is 1. The summed E-state index contributed by atoms with van der Waals surface area (Å²) < 4.78 is 12.4. The van der Waals surface area contributed by atoms with E-state index in [0.717, 1.165) is 30.8 Å². The molecule has 2 aromatic rings. The van der Waals surface area contributed by atoms with Gasteiger partial charge in [0, 0.05) is 17.2 Å². The molecule has 0 unspecified atom stereocenters. The van der Waals surface area contributed by atoms with Gasteiger partial charge in [-0.2, -0.15) is 0 Å². The van der Waals surface area contributed by atoms with E-state index in [9.17, 15) is 4.79 Å². The van der Waals surface area contributed by atoms with Crippen molar-refractivity contribution in [1.29, 1.82) is 0 Å². The Balaban J connectivity index is 1.87. The topological polar surface area (TPSA) is 66.2 Å². The summed E-state index contributed by atoms with van der Waals surface area (Å²) in [5, 5.41) is 9.90. The zero-order valence-electron chi connectivity index (χ0n) is 13.3. The van der Waals surface area contributed by atoms with Crippen LogP contribution in [0, 0.1) is 0 Å². The number of esters is 1. The lowest BCUT2D eigenvalue weighted by atomic mass is 10.2. The third-order valence-corrected chi connectivity index (χ3v) is 4.97. The third-order valence-electron chi connectivity index (χ3n) is 3.78. The van der Waals surface area contributed by atoms with Crippen LogP contribution in [-0.2, 0) is 20.8 Å². The highest BCUT2D eigenvalue weighted by Crippen LogP contribution is 2.27. The van der Waals surface area contributed by atoms with Crippen LogP contribution >= 0.6 is 23.4 Å². The SMILES string of the molecule is COC(=O)CSc1nnc(-c2ccc(Cl)cc2)n1C[C@@H]1CCCO1. The zero-order chi connectivity index (χ0) is 16.9. The van der Waals surface area contributed by atoms with Gasteiger partial charge in [0.05, 0.1) is 25.5 Å². The molecule has 2 heterocycles. The average molecular weight is 368 g/mol. The molecule has 1 aliphatic rings. The van der Waals surface area contributed by atoms with Gasteiger partial charge < -0.3 is 9.47 Å². The van der Waals surface area contributed by atoms with Gasteiger partial charge in [0.15, 0.2) is 11.0 Å². The molecule has 1 aliphatic heterocycles. The Morgan fingerprint density at radius 1 is 1.42 bits per heavy atom. The summed E-state index contributed by atoms with van der Waals surface area (Å²) in [6.45, 7) is 1.45. The number of ether oxygens (including phenoxy) is 2. The van der Waals surface area contributed by atoms with E-state index < -0.39 is 0 Å². The number of hydrogen-bond donors (Lipinski definition) is 0. The van der Waals surface area contributed by atoms with Crippen molar-refractivity contribution in [1.82, 2.24) is 14.8 Å². The molecule has 6 nitrogen and oxygen atoms in total. The van der Waals surface area contributed by atoms with Crippen molar-refractivity contribution in [3.63, 3.8) is 0 Å². The normalized spacial score (nSPS) is 17.2. The van der Waals surface area contributed by atoms with Crippen molar-refractivity contribution in [2.75, 3.05) is 19.5 Å². The van der Waals surface area contributed by atoms with E-state index in [1.54, 1.807) is 0 Å². The lowest BCUT2D eigenvalue weighted by molar-refractivity contribution is -0.137. The molecule has 0 aliphatic carbocycles. The minimum Gasteiger partial charge on any atom is -0.468 e. The maximum absolute atomic E-state index is 11.4. The van der Waals surface area contributed by atoms with Gasteiger partial charge >= 0.3 is 5.97 Å². The second kappa shape index (κ2) is 8.00. The second-order valence-corrected chi connectivity index (χ2v) is 6.80. The fourth-order valence-corrected chi connectivity index (χ4v) is 3.45. The Morgan fingerprint density at radius 3 is 2.88 bits per heavy atom. The molecule has 0 amide bonds. The third kappa shape index (κ3) is 4.09. The fourth-order valence-electron chi connectivity index (χ4n) is 2.55. The highest BCUT2D eigenvalue weighted by molar-refractivity contribution is 7.99. The summed E-state index contributed by atoms with van der Waals surface area (Å²) in [6, 6.07) is 7.46. The molecule has 0 saturated carbocycles. The molecule has 1 atom stereocenters. The van der Waals surface area contributed by atoms with Crippen LogP contribution in [0.5, 0.6) is 0 Å². The van der Waals surface area contributed by atoms with Gasteiger partial charge in [0.1, 0.15) is 0 Å². The van der Waals surface area contributed by atoms with Crippen LogP contribution < -0.4 is 0 Å². The predicted molar refractivity (Wildman–Crippen MR) is 92.2 cm³/mol. The molecule has 1 fully saturated rings. The molecule has 0 N–H and O–H groups in total. The summed E-state index contributed by atoms with van der Waals surface area (Å²) in [5.74, 6) is 0.648. The first-order valence-electron chi connectivity index (χ1n) is 7.67. The summed E-state index contributed by atoms with van der Waals surface area (Å²) in [6.07, 6.45) is 2.22. The number of aromatic nitrogens is 3. The molecule has 0 radical (unpaired) electrons. The standard InChI is InChI=1S/C16H18ClN3O3S/c1-22-14(21)10-24-16-19-18-15(11-4-6-12(17)7-5-11)20(16)9-13-3-2-8-23-13/h4-7,13H,2-3,8-10H2,1H3/t13-/m0/s1. The maximum Gasteiger partial charge on any atom is 0.316 e. The summed E-state index contributed by atoms with van der Waals surface area (Å²) in [7, 11) is 1.37. The number of halogens is 1. The number of carbonyl (C=O) groups is 1. The van der Waals surface area contributed by atoms with E-state index in [1.807, 2.05) is 28.8 Å². The van der Waals surface area contributed by atoms with Crippen LogP contribution in [0.1, 0.15) is 12.8 Å². The van der Waals surface area contributed by atoms with E-state index in [2.05, 4.69) is 10.2 Å². The Bertz CT molecular complexity index is 699. The smallest absolute Gasteiger partial charge is 0.316 e. The van der Waals surface area contributed by atoms with Crippen molar-refractivity contribution in [2.45, 2.75) is 30.6 Å². The van der Waals surface area contributed by atoms with E-state index in [4.69, 9.17) is 21.1 Å². The van der Waals surface area contributed by atoms with Gasteiger partial charge in [0.25, 0.3) is 0 Å². The van der Waals surface area contributed by atoms with Crippen LogP contribution in [0.25, 0.3) is 11.4 Å². The van der Waals surface area contributed by atoms with Crippen LogP contribution in [0.2, 0.25) is 5.02 Å². The molecule has 24 heavy (non-hydrogen) atoms. The molecule has 1 aromatic heterocycles. The molecule has 0 bridgehead atoms. The first-order chi connectivity index (χ1) is 11.7. The molecular weight excluding hydrogens is 350 g/mol. The van der Waals surface area contributed by atoms with Crippen LogP contribution in [-0.4, -0.2) is 46.3 Å². The van der Waals surface area contributed by atoms with Gasteiger partial charge in [-0.15, -0.1) is 10.2 Å². The minimum atomic E-state index is -0.292. The first-order valence-corrected chi connectivity index (χ1v) is 9.04. The zero-order valence-corrected chi connectivity index (χ0v) is 14.8. The van der Waals surface area contributed by atoms with Gasteiger partial charge in [-0.1, -0.05) is 23.4 Å². The second-order valence-electron chi connectivity index (χ2n) is 5.42. The van der Waals surface area contributed by atoms with Crippen molar-refractivity contribution < 1.29 is 14.3 Å².